The highest BCUT2D eigenvalue weighted by Crippen LogP contribution is 2.33. The summed E-state index contributed by atoms with van der Waals surface area (Å²) in [6.45, 7) is 0. The average Bonchev–Trinajstić information content (AvgIpc) is 2.50. The molecule has 0 radical (unpaired) electrons. The smallest absolute Gasteiger partial charge is 0.221 e. The molecule has 1 aromatic heterocycles. The summed E-state index contributed by atoms with van der Waals surface area (Å²) in [6.07, 6.45) is 0. The molecule has 0 unspecified atom stereocenters. The summed E-state index contributed by atoms with van der Waals surface area (Å²) in [4.78, 5) is 8.50. The van der Waals surface area contributed by atoms with E-state index >= 15 is 0 Å². The second kappa shape index (κ2) is 6.06. The highest BCUT2D eigenvalue weighted by molar-refractivity contribution is 9.10. The van der Waals surface area contributed by atoms with Gasteiger partial charge in [0.05, 0.1) is 11.4 Å². The molecule has 1 heterocycles. The fourth-order valence-electron chi connectivity index (χ4n) is 2.09. The number of hydrogen-bond donors (Lipinski definition) is 2. The first kappa shape index (κ1) is 15.0. The molecular weight excluding hydrogens is 410 g/mol. The Morgan fingerprint density at radius 2 is 1.45 bits per heavy atom. The van der Waals surface area contributed by atoms with Crippen molar-refractivity contribution in [2.75, 3.05) is 5.73 Å². The Morgan fingerprint density at radius 1 is 0.818 bits per heavy atom. The fourth-order valence-corrected chi connectivity index (χ4v) is 2.71. The Morgan fingerprint density at radius 3 is 2.18 bits per heavy atom. The van der Waals surface area contributed by atoms with E-state index in [0.29, 0.717) is 17.0 Å². The monoisotopic (exact) mass is 419 g/mol. The van der Waals surface area contributed by atoms with Crippen LogP contribution in [-0.2, 0) is 0 Å². The Labute approximate surface area is 144 Å². The highest BCUT2D eigenvalue weighted by Gasteiger charge is 2.11. The van der Waals surface area contributed by atoms with E-state index in [1.807, 2.05) is 24.3 Å². The molecule has 22 heavy (non-hydrogen) atoms. The first-order valence-electron chi connectivity index (χ1n) is 6.42. The number of halogens is 2. The quantitative estimate of drug-likeness (QED) is 0.634. The molecule has 0 saturated carbocycles. The number of phenolic OH excluding ortho intramolecular Hbond substituents is 1. The summed E-state index contributed by atoms with van der Waals surface area (Å²) < 4.78 is 1.84. The number of nitrogen functional groups attached to an aromatic ring is 1. The number of rotatable bonds is 2. The zero-order chi connectivity index (χ0) is 15.7. The maximum Gasteiger partial charge on any atom is 0.221 e. The highest BCUT2D eigenvalue weighted by atomic mass is 79.9. The lowest BCUT2D eigenvalue weighted by atomic mass is 10.1. The molecule has 0 atom stereocenters. The lowest BCUT2D eigenvalue weighted by Gasteiger charge is -2.08. The van der Waals surface area contributed by atoms with Gasteiger partial charge in [0.1, 0.15) is 5.75 Å². The van der Waals surface area contributed by atoms with Crippen LogP contribution in [0.2, 0.25) is 0 Å². The normalized spacial score (nSPS) is 10.6. The van der Waals surface area contributed by atoms with Gasteiger partial charge in [0.25, 0.3) is 0 Å². The number of hydrogen-bond acceptors (Lipinski definition) is 4. The van der Waals surface area contributed by atoms with Crippen LogP contribution in [-0.4, -0.2) is 15.1 Å². The summed E-state index contributed by atoms with van der Waals surface area (Å²) in [6, 6.07) is 14.7. The Hall–Kier alpha value is -1.92. The van der Waals surface area contributed by atoms with Gasteiger partial charge in [-0.15, -0.1) is 0 Å². The second-order valence-corrected chi connectivity index (χ2v) is 6.50. The number of nitrogens with zero attached hydrogens (tertiary/aromatic N) is 2. The summed E-state index contributed by atoms with van der Waals surface area (Å²) in [5.74, 6) is 0.304. The molecule has 6 heteroatoms. The van der Waals surface area contributed by atoms with Gasteiger partial charge in [0.2, 0.25) is 5.95 Å². The molecule has 0 fully saturated rings. The summed E-state index contributed by atoms with van der Waals surface area (Å²) in [7, 11) is 0. The molecular formula is C16H11Br2N3O. The van der Waals surface area contributed by atoms with Crippen molar-refractivity contribution >= 4 is 37.8 Å². The second-order valence-electron chi connectivity index (χ2n) is 4.66. The van der Waals surface area contributed by atoms with E-state index in [0.717, 1.165) is 14.5 Å². The number of aromatic nitrogens is 2. The predicted octanol–water partition coefficient (Wildman–Crippen LogP) is 4.62. The Kier molecular flexibility index (Phi) is 4.13. The van der Waals surface area contributed by atoms with Crippen LogP contribution >= 0.6 is 31.9 Å². The van der Waals surface area contributed by atoms with Crippen molar-refractivity contribution in [2.24, 2.45) is 0 Å². The van der Waals surface area contributed by atoms with Crippen molar-refractivity contribution in [3.63, 3.8) is 0 Å². The van der Waals surface area contributed by atoms with Gasteiger partial charge in [0.15, 0.2) is 0 Å². The predicted molar refractivity (Wildman–Crippen MR) is 94.4 cm³/mol. The first-order valence-corrected chi connectivity index (χ1v) is 8.01. The largest absolute Gasteiger partial charge is 0.507 e. The third-order valence-corrected chi connectivity index (χ3v) is 4.14. The number of nitrogens with two attached hydrogens (primary N) is 1. The minimum Gasteiger partial charge on any atom is -0.507 e. The Bertz CT molecular complexity index is 835. The molecule has 0 saturated heterocycles. The molecule has 2 aromatic carbocycles. The third kappa shape index (κ3) is 3.13. The van der Waals surface area contributed by atoms with Gasteiger partial charge in [0, 0.05) is 20.1 Å². The summed E-state index contributed by atoms with van der Waals surface area (Å²) >= 11 is 6.80. The summed E-state index contributed by atoms with van der Waals surface area (Å²) in [5, 5.41) is 10.0. The summed E-state index contributed by atoms with van der Waals surface area (Å²) in [5.41, 5.74) is 8.63. The molecule has 0 aliphatic heterocycles. The van der Waals surface area contributed by atoms with Crippen molar-refractivity contribution in [2.45, 2.75) is 0 Å². The minimum atomic E-state index is 0.142. The van der Waals surface area contributed by atoms with E-state index in [2.05, 4.69) is 41.8 Å². The first-order chi connectivity index (χ1) is 10.5. The van der Waals surface area contributed by atoms with E-state index in [1.165, 1.54) is 0 Å². The van der Waals surface area contributed by atoms with E-state index in [9.17, 15) is 5.11 Å². The van der Waals surface area contributed by atoms with Gasteiger partial charge in [-0.25, -0.2) is 9.97 Å². The molecule has 0 amide bonds. The molecule has 3 N–H and O–H groups in total. The third-order valence-electron chi connectivity index (χ3n) is 3.12. The van der Waals surface area contributed by atoms with Crippen molar-refractivity contribution < 1.29 is 5.11 Å². The van der Waals surface area contributed by atoms with E-state index < -0.39 is 0 Å². The number of anilines is 1. The lowest BCUT2D eigenvalue weighted by molar-refractivity contribution is 0.477. The van der Waals surface area contributed by atoms with Crippen molar-refractivity contribution in [3.8, 4) is 28.3 Å². The zero-order valence-corrected chi connectivity index (χ0v) is 14.5. The molecule has 3 aromatic rings. The zero-order valence-electron chi connectivity index (χ0n) is 11.3. The van der Waals surface area contributed by atoms with Crippen LogP contribution in [0.3, 0.4) is 0 Å². The van der Waals surface area contributed by atoms with Crippen LogP contribution in [0.25, 0.3) is 22.5 Å². The number of aromatic hydroxyl groups is 1. The van der Waals surface area contributed by atoms with Crippen LogP contribution < -0.4 is 5.73 Å². The van der Waals surface area contributed by atoms with Crippen LogP contribution in [0.4, 0.5) is 5.95 Å². The van der Waals surface area contributed by atoms with Crippen LogP contribution in [0, 0.1) is 0 Å². The Balaban J connectivity index is 2.14. The number of benzene rings is 2. The van der Waals surface area contributed by atoms with E-state index in [-0.39, 0.29) is 11.7 Å². The van der Waals surface area contributed by atoms with Crippen molar-refractivity contribution in [1.29, 1.82) is 0 Å². The lowest BCUT2D eigenvalue weighted by Crippen LogP contribution is -1.98. The van der Waals surface area contributed by atoms with Gasteiger partial charge < -0.3 is 10.8 Å². The maximum atomic E-state index is 10.0. The molecule has 0 bridgehead atoms. The van der Waals surface area contributed by atoms with Crippen LogP contribution in [0.5, 0.6) is 5.75 Å². The molecule has 0 aliphatic rings. The minimum absolute atomic E-state index is 0.142. The van der Waals surface area contributed by atoms with E-state index in [4.69, 9.17) is 5.73 Å². The van der Waals surface area contributed by atoms with Gasteiger partial charge in [-0.05, 0) is 36.4 Å². The molecule has 0 aliphatic carbocycles. The number of phenols is 1. The average molecular weight is 421 g/mol. The molecule has 0 spiro atoms. The van der Waals surface area contributed by atoms with Crippen molar-refractivity contribution in [1.82, 2.24) is 9.97 Å². The molecule has 110 valence electrons. The van der Waals surface area contributed by atoms with Crippen LogP contribution in [0.15, 0.2) is 57.5 Å². The molecule has 3 rings (SSSR count). The standard InChI is InChI=1S/C16H11Br2N3O/c17-10-3-1-9(2-4-10)13-8-14(21-16(19)20-13)12-7-11(18)5-6-15(12)22/h1-8,22H,(H2,19,20,21). The fraction of sp³-hybridized carbons (Fsp3) is 0. The van der Waals surface area contributed by atoms with Gasteiger partial charge in [-0.1, -0.05) is 44.0 Å². The maximum absolute atomic E-state index is 10.0. The molecule has 4 nitrogen and oxygen atoms in total. The van der Waals surface area contributed by atoms with Crippen molar-refractivity contribution in [3.05, 3.63) is 57.5 Å². The van der Waals surface area contributed by atoms with Crippen LogP contribution in [0.1, 0.15) is 0 Å². The van der Waals surface area contributed by atoms with E-state index in [1.54, 1.807) is 24.3 Å². The van der Waals surface area contributed by atoms with Gasteiger partial charge in [-0.2, -0.15) is 0 Å². The van der Waals surface area contributed by atoms with Gasteiger partial charge in [-0.3, -0.25) is 0 Å². The van der Waals surface area contributed by atoms with Gasteiger partial charge >= 0.3 is 0 Å². The topological polar surface area (TPSA) is 72.0 Å². The SMILES string of the molecule is Nc1nc(-c2ccc(Br)cc2)cc(-c2cc(Br)ccc2O)n1.